The van der Waals surface area contributed by atoms with E-state index >= 15 is 0 Å². The lowest BCUT2D eigenvalue weighted by molar-refractivity contribution is -0.383. The number of benzene rings is 1. The Balaban J connectivity index is 1.07. The molecule has 8 atom stereocenters. The summed E-state index contributed by atoms with van der Waals surface area (Å²) in [5.41, 5.74) is 4.52. The molecule has 3 fully saturated rings. The maximum atomic E-state index is 11.4. The first kappa shape index (κ1) is 29.1. The topological polar surface area (TPSA) is 118 Å². The van der Waals surface area contributed by atoms with E-state index in [0.717, 1.165) is 60.8 Å². The lowest BCUT2D eigenvalue weighted by atomic mass is 9.46. The average Bonchev–Trinajstić information content (AvgIpc) is 3.60. The lowest BCUT2D eigenvalue weighted by Crippen LogP contribution is -2.51. The number of anilines is 1. The van der Waals surface area contributed by atoms with E-state index < -0.39 is 4.92 Å². The monoisotopic (exact) mass is 577 g/mol. The largest absolute Gasteiger partial charge is 0.411 e. The molecule has 0 spiro atoms. The van der Waals surface area contributed by atoms with Crippen molar-refractivity contribution in [3.05, 3.63) is 33.9 Å². The van der Waals surface area contributed by atoms with Gasteiger partial charge in [-0.3, -0.25) is 10.1 Å². The van der Waals surface area contributed by atoms with Crippen LogP contribution in [0, 0.1) is 50.5 Å². The van der Waals surface area contributed by atoms with Crippen LogP contribution in [-0.4, -0.2) is 39.2 Å². The Morgan fingerprint density at radius 2 is 1.88 bits per heavy atom. The van der Waals surface area contributed by atoms with Crippen LogP contribution in [0.2, 0.25) is 0 Å². The van der Waals surface area contributed by atoms with Gasteiger partial charge in [0.2, 0.25) is 5.52 Å². The third kappa shape index (κ3) is 4.62. The second kappa shape index (κ2) is 10.9. The highest BCUT2D eigenvalue weighted by Crippen LogP contribution is 2.67. The molecule has 4 aliphatic rings. The fourth-order valence-electron chi connectivity index (χ4n) is 10.3. The normalized spacial score (nSPS) is 34.8. The number of hydrogen-bond donors (Lipinski definition) is 1. The van der Waals surface area contributed by atoms with Crippen molar-refractivity contribution < 1.29 is 14.8 Å². The molecule has 1 aromatic carbocycles. The van der Waals surface area contributed by atoms with Crippen molar-refractivity contribution in [2.45, 2.75) is 104 Å². The molecule has 1 unspecified atom stereocenters. The summed E-state index contributed by atoms with van der Waals surface area (Å²) in [4.78, 5) is 13.1. The Morgan fingerprint density at radius 3 is 2.64 bits per heavy atom. The molecular weight excluding hydrogens is 530 g/mol. The number of aromatic nitrogens is 2. The van der Waals surface area contributed by atoms with Crippen LogP contribution in [0.15, 0.2) is 33.6 Å². The Labute approximate surface area is 248 Å². The van der Waals surface area contributed by atoms with Crippen LogP contribution in [-0.2, 0) is 0 Å². The van der Waals surface area contributed by atoms with Gasteiger partial charge in [0, 0.05) is 19.2 Å². The Morgan fingerprint density at radius 1 is 1.10 bits per heavy atom. The highest BCUT2D eigenvalue weighted by atomic mass is 16.6. The van der Waals surface area contributed by atoms with Crippen LogP contribution >= 0.6 is 0 Å². The number of fused-ring (bicyclic) bond motifs is 6. The van der Waals surface area contributed by atoms with Gasteiger partial charge in [-0.2, -0.15) is 0 Å². The first-order valence-electron chi connectivity index (χ1n) is 16.1. The predicted molar refractivity (Wildman–Crippen MR) is 164 cm³/mol. The number of allylic oxidation sites excluding steroid dienone is 2. The van der Waals surface area contributed by atoms with Gasteiger partial charge >= 0.3 is 5.69 Å². The molecule has 3 saturated carbocycles. The van der Waals surface area contributed by atoms with Crippen molar-refractivity contribution in [3.63, 3.8) is 0 Å². The molecule has 1 heterocycles. The molecule has 9 heteroatoms. The predicted octanol–water partition coefficient (Wildman–Crippen LogP) is 8.17. The molecular formula is C33H47N5O4. The molecule has 4 aliphatic carbocycles. The van der Waals surface area contributed by atoms with Gasteiger partial charge in [-0.1, -0.05) is 44.3 Å². The lowest BCUT2D eigenvalue weighted by Gasteiger charge is -2.58. The van der Waals surface area contributed by atoms with Crippen molar-refractivity contribution in [1.29, 1.82) is 0 Å². The van der Waals surface area contributed by atoms with Gasteiger partial charge in [-0.25, -0.2) is 4.63 Å². The van der Waals surface area contributed by atoms with Gasteiger partial charge in [-0.05, 0) is 128 Å². The van der Waals surface area contributed by atoms with Crippen LogP contribution in [0.1, 0.15) is 98.3 Å². The fraction of sp³-hybridized carbons (Fsp3) is 0.727. The quantitative estimate of drug-likeness (QED) is 0.191. The van der Waals surface area contributed by atoms with E-state index in [0.29, 0.717) is 16.8 Å². The summed E-state index contributed by atoms with van der Waals surface area (Å²) < 4.78 is 4.87. The van der Waals surface area contributed by atoms with Crippen molar-refractivity contribution >= 4 is 28.1 Å². The minimum Gasteiger partial charge on any atom is -0.411 e. The zero-order valence-electron chi connectivity index (χ0n) is 25.9. The molecule has 228 valence electrons. The first-order chi connectivity index (χ1) is 20.1. The maximum Gasteiger partial charge on any atom is 0.300 e. The highest BCUT2D eigenvalue weighted by Gasteiger charge is 2.59. The second-order valence-corrected chi connectivity index (χ2v) is 14.5. The third-order valence-electron chi connectivity index (χ3n) is 12.8. The number of oxime groups is 1. The number of hydrogen-bond acceptors (Lipinski definition) is 8. The molecule has 9 nitrogen and oxygen atoms in total. The summed E-state index contributed by atoms with van der Waals surface area (Å²) in [6.45, 7) is 9.86. The van der Waals surface area contributed by atoms with E-state index in [1.54, 1.807) is 11.6 Å². The van der Waals surface area contributed by atoms with Crippen molar-refractivity contribution in [2.75, 3.05) is 11.9 Å². The number of nitrogens with zero attached hydrogens (tertiary/aromatic N) is 5. The van der Waals surface area contributed by atoms with E-state index in [2.05, 4.69) is 54.1 Å². The summed E-state index contributed by atoms with van der Waals surface area (Å²) in [6.07, 6.45) is 15.6. The second-order valence-electron chi connectivity index (χ2n) is 14.5. The summed E-state index contributed by atoms with van der Waals surface area (Å²) in [7, 11) is 2.03. The van der Waals surface area contributed by atoms with Crippen LogP contribution in [0.25, 0.3) is 11.0 Å². The van der Waals surface area contributed by atoms with E-state index in [1.165, 1.54) is 51.0 Å². The molecule has 0 bridgehead atoms. The minimum atomic E-state index is -0.441. The summed E-state index contributed by atoms with van der Waals surface area (Å²) in [6, 6.07) is 3.52. The molecule has 2 aromatic rings. The van der Waals surface area contributed by atoms with Crippen LogP contribution in [0.4, 0.5) is 11.4 Å². The number of rotatable bonds is 8. The van der Waals surface area contributed by atoms with Gasteiger partial charge in [0.05, 0.1) is 16.3 Å². The molecule has 6 rings (SSSR count). The Hall–Kier alpha value is -2.97. The fourth-order valence-corrected chi connectivity index (χ4v) is 10.3. The average molecular weight is 578 g/mol. The minimum absolute atomic E-state index is 0.0782. The van der Waals surface area contributed by atoms with E-state index in [4.69, 9.17) is 4.63 Å². The van der Waals surface area contributed by atoms with Crippen LogP contribution in [0.5, 0.6) is 0 Å². The molecule has 0 saturated heterocycles. The van der Waals surface area contributed by atoms with Gasteiger partial charge in [0.1, 0.15) is 0 Å². The number of nitro groups is 1. The number of non-ortho nitro benzene ring substituents is 1. The zero-order chi connectivity index (χ0) is 29.8. The standard InChI is InChI=1S/C33H47N5O4/c1-20(7-6-8-21(2)37(5)28-13-14-29(38(40)41)31-30(28)35-42-36-31)25-11-12-26-24-10-9-22-19-23(34-39)15-17-32(22,3)27(24)16-18-33(25,26)4/h13-14,19-21,24-27,39H,6-12,15-18H2,1-5H3/t20-,21?,24+,25-,26+,27+,32+,33-/m1/s1. The molecule has 0 radical (unpaired) electrons. The SMILES string of the molecule is CC(CCC[C@@H](C)[C@H]1CC[C@H]2[C@@H]3CCC4=CC(=NO)CC[C@]4(C)[C@H]3CC[C@]12C)N(C)c1ccc([N+](=O)[O-])c2nonc12. The van der Waals surface area contributed by atoms with Gasteiger partial charge in [-0.15, -0.1) is 0 Å². The smallest absolute Gasteiger partial charge is 0.300 e. The summed E-state index contributed by atoms with van der Waals surface area (Å²) >= 11 is 0. The Kier molecular flexibility index (Phi) is 7.59. The first-order valence-corrected chi connectivity index (χ1v) is 16.1. The molecule has 1 aromatic heterocycles. The third-order valence-corrected chi connectivity index (χ3v) is 12.8. The van der Waals surface area contributed by atoms with Crippen molar-refractivity contribution in [2.24, 2.45) is 45.6 Å². The molecule has 42 heavy (non-hydrogen) atoms. The summed E-state index contributed by atoms with van der Waals surface area (Å²) in [5, 5.41) is 32.1. The molecule has 0 aliphatic heterocycles. The van der Waals surface area contributed by atoms with Crippen molar-refractivity contribution in [1.82, 2.24) is 10.3 Å². The summed E-state index contributed by atoms with van der Waals surface area (Å²) in [5.74, 6) is 3.92. The van der Waals surface area contributed by atoms with Crippen molar-refractivity contribution in [3.8, 4) is 0 Å². The Bertz CT molecular complexity index is 1400. The maximum absolute atomic E-state index is 11.4. The van der Waals surface area contributed by atoms with E-state index in [1.807, 2.05) is 7.05 Å². The van der Waals surface area contributed by atoms with E-state index in [9.17, 15) is 15.3 Å². The van der Waals surface area contributed by atoms with Crippen LogP contribution in [0.3, 0.4) is 0 Å². The van der Waals surface area contributed by atoms with Gasteiger partial charge in [0.25, 0.3) is 0 Å². The van der Waals surface area contributed by atoms with Crippen LogP contribution < -0.4 is 4.90 Å². The number of nitro benzene ring substituents is 1. The van der Waals surface area contributed by atoms with Gasteiger partial charge in [0.15, 0.2) is 5.52 Å². The highest BCUT2D eigenvalue weighted by molar-refractivity contribution is 5.96. The molecule has 0 amide bonds. The molecule has 1 N–H and O–H groups in total. The van der Waals surface area contributed by atoms with Gasteiger partial charge < -0.3 is 10.1 Å². The zero-order valence-corrected chi connectivity index (χ0v) is 25.9. The van der Waals surface area contributed by atoms with E-state index in [-0.39, 0.29) is 22.7 Å².